The molecule has 0 saturated carbocycles. The summed E-state index contributed by atoms with van der Waals surface area (Å²) in [7, 11) is -3.85. The van der Waals surface area contributed by atoms with E-state index in [4.69, 9.17) is 9.88 Å². The van der Waals surface area contributed by atoms with E-state index in [2.05, 4.69) is 10.1 Å². The van der Waals surface area contributed by atoms with Gasteiger partial charge in [-0.15, -0.1) is 0 Å². The topological polar surface area (TPSA) is 100 Å². The monoisotopic (exact) mass is 310 g/mol. The SMILES string of the molecule is CCn1ncnc1COc1c(C)cc(C)cc1S(N)(=O)=O. The molecule has 114 valence electrons. The summed E-state index contributed by atoms with van der Waals surface area (Å²) in [5.41, 5.74) is 1.52. The lowest BCUT2D eigenvalue weighted by atomic mass is 10.1. The molecular formula is C13H18N4O3S. The quantitative estimate of drug-likeness (QED) is 0.892. The molecule has 2 rings (SSSR count). The zero-order chi connectivity index (χ0) is 15.6. The molecule has 0 amide bonds. The number of hydrogen-bond acceptors (Lipinski definition) is 5. The third kappa shape index (κ3) is 3.40. The summed E-state index contributed by atoms with van der Waals surface area (Å²) in [4.78, 5) is 4.08. The van der Waals surface area contributed by atoms with E-state index in [-0.39, 0.29) is 17.3 Å². The maximum absolute atomic E-state index is 11.7. The van der Waals surface area contributed by atoms with Crippen molar-refractivity contribution in [2.75, 3.05) is 0 Å². The van der Waals surface area contributed by atoms with E-state index in [1.165, 1.54) is 12.4 Å². The van der Waals surface area contributed by atoms with Crippen LogP contribution < -0.4 is 9.88 Å². The Bertz CT molecular complexity index is 753. The Labute approximate surface area is 123 Å². The Morgan fingerprint density at radius 3 is 2.67 bits per heavy atom. The number of primary sulfonamides is 1. The molecule has 8 heteroatoms. The van der Waals surface area contributed by atoms with Crippen molar-refractivity contribution >= 4 is 10.0 Å². The molecule has 0 saturated heterocycles. The first-order valence-electron chi connectivity index (χ1n) is 6.46. The van der Waals surface area contributed by atoms with Crippen LogP contribution in [0.2, 0.25) is 0 Å². The summed E-state index contributed by atoms with van der Waals surface area (Å²) < 4.78 is 30.7. The normalized spacial score (nSPS) is 11.6. The number of sulfonamides is 1. The van der Waals surface area contributed by atoms with Crippen molar-refractivity contribution < 1.29 is 13.2 Å². The first-order valence-corrected chi connectivity index (χ1v) is 8.01. The highest BCUT2D eigenvalue weighted by Gasteiger charge is 2.19. The smallest absolute Gasteiger partial charge is 0.241 e. The second-order valence-corrected chi connectivity index (χ2v) is 6.26. The van der Waals surface area contributed by atoms with Gasteiger partial charge in [0, 0.05) is 6.54 Å². The highest BCUT2D eigenvalue weighted by atomic mass is 32.2. The summed E-state index contributed by atoms with van der Waals surface area (Å²) in [5, 5.41) is 9.30. The number of ether oxygens (including phenoxy) is 1. The van der Waals surface area contributed by atoms with Crippen molar-refractivity contribution in [3.63, 3.8) is 0 Å². The molecule has 1 aromatic carbocycles. The van der Waals surface area contributed by atoms with Crippen LogP contribution in [0.3, 0.4) is 0 Å². The molecule has 0 aliphatic carbocycles. The minimum atomic E-state index is -3.85. The van der Waals surface area contributed by atoms with Crippen LogP contribution in [0, 0.1) is 13.8 Å². The summed E-state index contributed by atoms with van der Waals surface area (Å²) in [5.74, 6) is 0.881. The average Bonchev–Trinajstić information content (AvgIpc) is 2.83. The number of aromatic nitrogens is 3. The van der Waals surface area contributed by atoms with E-state index in [1.807, 2.05) is 13.0 Å². The minimum absolute atomic E-state index is 0.0115. The van der Waals surface area contributed by atoms with Crippen LogP contribution in [-0.4, -0.2) is 23.2 Å². The fourth-order valence-electron chi connectivity index (χ4n) is 2.11. The molecule has 0 radical (unpaired) electrons. The lowest BCUT2D eigenvalue weighted by Crippen LogP contribution is -2.16. The number of rotatable bonds is 5. The van der Waals surface area contributed by atoms with Crippen LogP contribution in [0.5, 0.6) is 5.75 Å². The van der Waals surface area contributed by atoms with E-state index < -0.39 is 10.0 Å². The Balaban J connectivity index is 2.36. The molecule has 0 atom stereocenters. The molecule has 1 heterocycles. The van der Waals surface area contributed by atoms with Crippen molar-refractivity contribution in [3.8, 4) is 5.75 Å². The first kappa shape index (κ1) is 15.5. The predicted octanol–water partition coefficient (Wildman–Crippen LogP) is 1.14. The number of nitrogens with two attached hydrogens (primary N) is 1. The molecule has 2 aromatic rings. The van der Waals surface area contributed by atoms with Crippen molar-refractivity contribution in [2.24, 2.45) is 5.14 Å². The molecule has 0 aliphatic heterocycles. The van der Waals surface area contributed by atoms with Crippen molar-refractivity contribution in [2.45, 2.75) is 38.8 Å². The number of hydrogen-bond donors (Lipinski definition) is 1. The summed E-state index contributed by atoms with van der Waals surface area (Å²) >= 11 is 0. The van der Waals surface area contributed by atoms with Crippen LogP contribution in [-0.2, 0) is 23.2 Å². The lowest BCUT2D eigenvalue weighted by Gasteiger charge is -2.14. The second kappa shape index (κ2) is 5.82. The van der Waals surface area contributed by atoms with Crippen molar-refractivity contribution in [1.29, 1.82) is 0 Å². The van der Waals surface area contributed by atoms with Gasteiger partial charge in [-0.2, -0.15) is 5.10 Å². The minimum Gasteiger partial charge on any atom is -0.484 e. The molecule has 0 unspecified atom stereocenters. The van der Waals surface area contributed by atoms with Gasteiger partial charge in [0.25, 0.3) is 0 Å². The Kier molecular flexibility index (Phi) is 4.29. The largest absolute Gasteiger partial charge is 0.484 e. The third-order valence-electron chi connectivity index (χ3n) is 3.03. The Morgan fingerprint density at radius 2 is 2.05 bits per heavy atom. The van der Waals surface area contributed by atoms with E-state index in [0.717, 1.165) is 5.56 Å². The van der Waals surface area contributed by atoms with E-state index >= 15 is 0 Å². The van der Waals surface area contributed by atoms with Gasteiger partial charge in [-0.3, -0.25) is 0 Å². The van der Waals surface area contributed by atoms with Crippen LogP contribution in [0.15, 0.2) is 23.4 Å². The summed E-state index contributed by atoms with van der Waals surface area (Å²) in [6.45, 7) is 6.31. The zero-order valence-corrected chi connectivity index (χ0v) is 13.0. The molecule has 0 bridgehead atoms. The molecule has 0 spiro atoms. The summed E-state index contributed by atoms with van der Waals surface area (Å²) in [6, 6.07) is 3.34. The van der Waals surface area contributed by atoms with Crippen LogP contribution in [0.4, 0.5) is 0 Å². The maximum Gasteiger partial charge on any atom is 0.241 e. The molecule has 21 heavy (non-hydrogen) atoms. The summed E-state index contributed by atoms with van der Waals surface area (Å²) in [6.07, 6.45) is 1.44. The molecule has 7 nitrogen and oxygen atoms in total. The van der Waals surface area contributed by atoms with Crippen LogP contribution in [0.1, 0.15) is 23.9 Å². The standard InChI is InChI=1S/C13H18N4O3S/c1-4-17-12(15-8-16-17)7-20-13-10(3)5-9(2)6-11(13)21(14,18)19/h5-6,8H,4,7H2,1-3H3,(H2,14,18,19). The number of benzene rings is 1. The highest BCUT2D eigenvalue weighted by Crippen LogP contribution is 2.29. The van der Waals surface area contributed by atoms with Crippen LogP contribution >= 0.6 is 0 Å². The van der Waals surface area contributed by atoms with Gasteiger partial charge in [0.05, 0.1) is 0 Å². The van der Waals surface area contributed by atoms with E-state index in [9.17, 15) is 8.42 Å². The van der Waals surface area contributed by atoms with Crippen molar-refractivity contribution in [3.05, 3.63) is 35.4 Å². The third-order valence-corrected chi connectivity index (χ3v) is 3.95. The van der Waals surface area contributed by atoms with Gasteiger partial charge < -0.3 is 4.74 Å². The van der Waals surface area contributed by atoms with Gasteiger partial charge in [0.2, 0.25) is 10.0 Å². The lowest BCUT2D eigenvalue weighted by molar-refractivity contribution is 0.278. The van der Waals surface area contributed by atoms with Gasteiger partial charge in [0.15, 0.2) is 5.82 Å². The Morgan fingerprint density at radius 1 is 1.33 bits per heavy atom. The van der Waals surface area contributed by atoms with Gasteiger partial charge in [-0.1, -0.05) is 6.07 Å². The van der Waals surface area contributed by atoms with Crippen LogP contribution in [0.25, 0.3) is 0 Å². The number of aryl methyl sites for hydroxylation is 3. The zero-order valence-electron chi connectivity index (χ0n) is 12.2. The molecule has 0 fully saturated rings. The fourth-order valence-corrected chi connectivity index (χ4v) is 2.94. The van der Waals surface area contributed by atoms with E-state index in [0.29, 0.717) is 17.9 Å². The molecular weight excluding hydrogens is 292 g/mol. The van der Waals surface area contributed by atoms with Gasteiger partial charge in [0.1, 0.15) is 23.6 Å². The van der Waals surface area contributed by atoms with Gasteiger partial charge in [-0.05, 0) is 38.0 Å². The highest BCUT2D eigenvalue weighted by molar-refractivity contribution is 7.89. The second-order valence-electron chi connectivity index (χ2n) is 4.73. The van der Waals surface area contributed by atoms with Crippen molar-refractivity contribution in [1.82, 2.24) is 14.8 Å². The molecule has 1 aromatic heterocycles. The average molecular weight is 310 g/mol. The number of nitrogens with zero attached hydrogens (tertiary/aromatic N) is 3. The fraction of sp³-hybridized carbons (Fsp3) is 0.385. The first-order chi connectivity index (χ1) is 9.82. The van der Waals surface area contributed by atoms with E-state index in [1.54, 1.807) is 18.5 Å². The Hall–Kier alpha value is -1.93. The molecule has 2 N–H and O–H groups in total. The van der Waals surface area contributed by atoms with Gasteiger partial charge >= 0.3 is 0 Å². The predicted molar refractivity (Wildman–Crippen MR) is 77.3 cm³/mol. The maximum atomic E-state index is 11.7. The van der Waals surface area contributed by atoms with Gasteiger partial charge in [-0.25, -0.2) is 23.2 Å². The molecule has 0 aliphatic rings.